The highest BCUT2D eigenvalue weighted by Gasteiger charge is 2.19. The van der Waals surface area contributed by atoms with Crippen LogP contribution in [0.25, 0.3) is 10.9 Å². The molecule has 6 nitrogen and oxygen atoms in total. The van der Waals surface area contributed by atoms with E-state index < -0.39 is 24.8 Å². The van der Waals surface area contributed by atoms with Crippen LogP contribution in [0.4, 0.5) is 0 Å². The predicted molar refractivity (Wildman–Crippen MR) is 67.7 cm³/mol. The average molecular weight is 265 g/mol. The van der Waals surface area contributed by atoms with Crippen molar-refractivity contribution in [2.75, 3.05) is 13.7 Å². The molecule has 0 aliphatic rings. The van der Waals surface area contributed by atoms with Gasteiger partial charge in [-0.15, -0.1) is 0 Å². The molecule has 2 rings (SSSR count). The Morgan fingerprint density at radius 2 is 2.16 bits per heavy atom. The molecule has 1 aromatic heterocycles. The molecule has 19 heavy (non-hydrogen) atoms. The first kappa shape index (κ1) is 13.5. The maximum atomic E-state index is 11.6. The van der Waals surface area contributed by atoms with Gasteiger partial charge in [0.15, 0.2) is 0 Å². The van der Waals surface area contributed by atoms with Gasteiger partial charge in [-0.05, 0) is 17.7 Å². The molecule has 0 saturated carbocycles. The molecule has 2 atom stereocenters. The number of methoxy groups -OCH3 is 1. The van der Waals surface area contributed by atoms with Crippen molar-refractivity contribution in [3.8, 4) is 0 Å². The Morgan fingerprint density at radius 3 is 2.79 bits per heavy atom. The summed E-state index contributed by atoms with van der Waals surface area (Å²) in [6, 6.07) is 4.88. The molecule has 102 valence electrons. The van der Waals surface area contributed by atoms with Crippen LogP contribution >= 0.6 is 0 Å². The lowest BCUT2D eigenvalue weighted by atomic mass is 10.0. The van der Waals surface area contributed by atoms with Crippen LogP contribution in [-0.4, -0.2) is 46.1 Å². The Bertz CT molecular complexity index is 592. The fourth-order valence-corrected chi connectivity index (χ4v) is 1.92. The minimum atomic E-state index is -1.27. The van der Waals surface area contributed by atoms with E-state index in [0.29, 0.717) is 16.5 Å². The van der Waals surface area contributed by atoms with E-state index in [-0.39, 0.29) is 0 Å². The summed E-state index contributed by atoms with van der Waals surface area (Å²) in [6.07, 6.45) is -0.956. The molecule has 0 radical (unpaired) electrons. The lowest BCUT2D eigenvalue weighted by Crippen LogP contribution is -2.21. The van der Waals surface area contributed by atoms with E-state index in [1.807, 2.05) is 0 Å². The minimum Gasteiger partial charge on any atom is -0.465 e. The minimum absolute atomic E-state index is 0.352. The fourth-order valence-electron chi connectivity index (χ4n) is 1.92. The van der Waals surface area contributed by atoms with Crippen molar-refractivity contribution in [2.24, 2.45) is 0 Å². The monoisotopic (exact) mass is 265 g/mol. The molecule has 4 N–H and O–H groups in total. The van der Waals surface area contributed by atoms with Gasteiger partial charge in [-0.3, -0.25) is 0 Å². The van der Waals surface area contributed by atoms with Crippen LogP contribution in [0, 0.1) is 0 Å². The van der Waals surface area contributed by atoms with E-state index in [1.165, 1.54) is 13.3 Å². The van der Waals surface area contributed by atoms with Crippen molar-refractivity contribution in [3.05, 3.63) is 35.5 Å². The third-order valence-corrected chi connectivity index (χ3v) is 3.00. The number of rotatable bonds is 4. The Balaban J connectivity index is 2.46. The molecule has 0 aliphatic heterocycles. The molecular formula is C13H15NO5. The van der Waals surface area contributed by atoms with Gasteiger partial charge < -0.3 is 25.0 Å². The Hall–Kier alpha value is -1.89. The third-order valence-electron chi connectivity index (χ3n) is 3.00. The van der Waals surface area contributed by atoms with Crippen LogP contribution in [0.2, 0.25) is 0 Å². The third kappa shape index (κ3) is 2.46. The maximum absolute atomic E-state index is 11.6. The number of aromatic amines is 1. The van der Waals surface area contributed by atoms with Gasteiger partial charge in [0.2, 0.25) is 0 Å². The van der Waals surface area contributed by atoms with Crippen LogP contribution in [0.15, 0.2) is 24.4 Å². The second-order valence-electron chi connectivity index (χ2n) is 4.19. The van der Waals surface area contributed by atoms with E-state index in [1.54, 1.807) is 18.2 Å². The number of carbonyl (C=O) groups is 1. The number of esters is 1. The van der Waals surface area contributed by atoms with Crippen molar-refractivity contribution in [2.45, 2.75) is 12.2 Å². The molecule has 0 bridgehead atoms. The number of aliphatic hydroxyl groups is 3. The van der Waals surface area contributed by atoms with Crippen molar-refractivity contribution in [3.63, 3.8) is 0 Å². The number of aliphatic hydroxyl groups excluding tert-OH is 3. The molecule has 2 aromatic rings. The highest BCUT2D eigenvalue weighted by atomic mass is 16.5. The lowest BCUT2D eigenvalue weighted by Gasteiger charge is -2.16. The lowest BCUT2D eigenvalue weighted by molar-refractivity contribution is -0.0152. The molecule has 0 amide bonds. The molecule has 0 saturated heterocycles. The first-order valence-corrected chi connectivity index (χ1v) is 5.74. The predicted octanol–water partition coefficient (Wildman–Crippen LogP) is 0.341. The highest BCUT2D eigenvalue weighted by Crippen LogP contribution is 2.25. The van der Waals surface area contributed by atoms with Crippen molar-refractivity contribution < 1.29 is 24.9 Å². The van der Waals surface area contributed by atoms with Crippen LogP contribution < -0.4 is 0 Å². The highest BCUT2D eigenvalue weighted by molar-refractivity contribution is 6.04. The zero-order valence-electron chi connectivity index (χ0n) is 10.3. The Morgan fingerprint density at radius 1 is 1.42 bits per heavy atom. The van der Waals surface area contributed by atoms with Gasteiger partial charge in [0.05, 0.1) is 19.3 Å². The first-order valence-electron chi connectivity index (χ1n) is 5.74. The van der Waals surface area contributed by atoms with Crippen LogP contribution in [0.1, 0.15) is 22.0 Å². The number of H-pyrrole nitrogens is 1. The number of hydrogen-bond acceptors (Lipinski definition) is 5. The molecular weight excluding hydrogens is 250 g/mol. The summed E-state index contributed by atoms with van der Waals surface area (Å²) in [4.78, 5) is 14.5. The SMILES string of the molecule is COC(=O)c1c[nH]c2ccc(C(O)C(O)CO)cc12. The fraction of sp³-hybridized carbons (Fsp3) is 0.308. The Labute approximate surface area is 109 Å². The van der Waals surface area contributed by atoms with Crippen LogP contribution in [-0.2, 0) is 4.74 Å². The van der Waals surface area contributed by atoms with Gasteiger partial charge >= 0.3 is 5.97 Å². The van der Waals surface area contributed by atoms with Gasteiger partial charge in [-0.25, -0.2) is 4.79 Å². The summed E-state index contributed by atoms with van der Waals surface area (Å²) in [5, 5.41) is 28.7. The average Bonchev–Trinajstić information content (AvgIpc) is 2.87. The molecule has 2 unspecified atom stereocenters. The molecule has 0 spiro atoms. The smallest absolute Gasteiger partial charge is 0.340 e. The van der Waals surface area contributed by atoms with Crippen molar-refractivity contribution in [1.82, 2.24) is 4.98 Å². The summed E-state index contributed by atoms with van der Waals surface area (Å²) in [7, 11) is 1.29. The number of carbonyl (C=O) groups excluding carboxylic acids is 1. The Kier molecular flexibility index (Phi) is 3.84. The molecule has 0 aliphatic carbocycles. The second kappa shape index (κ2) is 5.40. The summed E-state index contributed by atoms with van der Waals surface area (Å²) >= 11 is 0. The molecule has 1 heterocycles. The molecule has 6 heteroatoms. The second-order valence-corrected chi connectivity index (χ2v) is 4.19. The van der Waals surface area contributed by atoms with E-state index in [9.17, 15) is 15.0 Å². The number of nitrogens with one attached hydrogen (secondary N) is 1. The van der Waals surface area contributed by atoms with Gasteiger partial charge in [0, 0.05) is 17.1 Å². The zero-order chi connectivity index (χ0) is 14.0. The maximum Gasteiger partial charge on any atom is 0.340 e. The summed E-state index contributed by atoms with van der Waals surface area (Å²) in [5.74, 6) is -0.486. The van der Waals surface area contributed by atoms with Gasteiger partial charge in [0.25, 0.3) is 0 Å². The topological polar surface area (TPSA) is 103 Å². The number of hydrogen-bond donors (Lipinski definition) is 4. The van der Waals surface area contributed by atoms with E-state index in [0.717, 1.165) is 5.52 Å². The summed E-state index contributed by atoms with van der Waals surface area (Å²) in [6.45, 7) is -0.545. The van der Waals surface area contributed by atoms with Crippen molar-refractivity contribution in [1.29, 1.82) is 0 Å². The first-order chi connectivity index (χ1) is 9.08. The van der Waals surface area contributed by atoms with Gasteiger partial charge in [0.1, 0.15) is 12.2 Å². The molecule has 1 aromatic carbocycles. The van der Waals surface area contributed by atoms with Gasteiger partial charge in [-0.1, -0.05) is 6.07 Å². The van der Waals surface area contributed by atoms with Crippen molar-refractivity contribution >= 4 is 16.9 Å². The van der Waals surface area contributed by atoms with E-state index >= 15 is 0 Å². The number of ether oxygens (including phenoxy) is 1. The summed E-state index contributed by atoms with van der Waals surface area (Å²) < 4.78 is 4.66. The largest absolute Gasteiger partial charge is 0.465 e. The summed E-state index contributed by atoms with van der Waals surface area (Å²) in [5.41, 5.74) is 1.48. The normalized spacial score (nSPS) is 14.3. The standard InChI is InChI=1S/C13H15NO5/c1-19-13(18)9-5-14-10-3-2-7(4-8(9)10)12(17)11(16)6-15/h2-5,11-12,14-17H,6H2,1H3. The van der Waals surface area contributed by atoms with Gasteiger partial charge in [-0.2, -0.15) is 0 Å². The number of benzene rings is 1. The van der Waals surface area contributed by atoms with E-state index in [2.05, 4.69) is 9.72 Å². The zero-order valence-corrected chi connectivity index (χ0v) is 10.3. The van der Waals surface area contributed by atoms with Crippen LogP contribution in [0.5, 0.6) is 0 Å². The number of aromatic nitrogens is 1. The number of fused-ring (bicyclic) bond motifs is 1. The quantitative estimate of drug-likeness (QED) is 0.597. The van der Waals surface area contributed by atoms with Crippen LogP contribution in [0.3, 0.4) is 0 Å². The van der Waals surface area contributed by atoms with E-state index in [4.69, 9.17) is 5.11 Å². The molecule has 0 fully saturated rings.